The summed E-state index contributed by atoms with van der Waals surface area (Å²) in [5, 5.41) is 8.41. The van der Waals surface area contributed by atoms with Crippen LogP contribution >= 0.6 is 0 Å². The van der Waals surface area contributed by atoms with Crippen molar-refractivity contribution in [2.24, 2.45) is 0 Å². The SMILES string of the molecule is CCOC(=O)c1cnn(-c2nc(OC)c3c(cnn3[C@@H](C)c3cccc(C(F)(F)F)c3)n2)c1. The van der Waals surface area contributed by atoms with E-state index in [4.69, 9.17) is 9.47 Å². The number of alkyl halides is 3. The summed E-state index contributed by atoms with van der Waals surface area (Å²) in [6, 6.07) is 4.48. The second-order valence-corrected chi connectivity index (χ2v) is 7.05. The number of nitrogens with zero attached hydrogens (tertiary/aromatic N) is 6. The molecule has 33 heavy (non-hydrogen) atoms. The lowest BCUT2D eigenvalue weighted by atomic mass is 10.0. The molecule has 0 saturated heterocycles. The molecule has 12 heteroatoms. The Morgan fingerprint density at radius 2 is 1.97 bits per heavy atom. The Morgan fingerprint density at radius 3 is 2.67 bits per heavy atom. The van der Waals surface area contributed by atoms with Crippen molar-refractivity contribution in [2.45, 2.75) is 26.1 Å². The lowest BCUT2D eigenvalue weighted by molar-refractivity contribution is -0.137. The molecular weight excluding hydrogens is 441 g/mol. The van der Waals surface area contributed by atoms with Gasteiger partial charge in [0, 0.05) is 6.20 Å². The predicted octanol–water partition coefficient (Wildman–Crippen LogP) is 3.83. The second-order valence-electron chi connectivity index (χ2n) is 7.05. The van der Waals surface area contributed by atoms with Gasteiger partial charge < -0.3 is 9.47 Å². The number of hydrogen-bond acceptors (Lipinski definition) is 7. The predicted molar refractivity (Wildman–Crippen MR) is 110 cm³/mol. The van der Waals surface area contributed by atoms with Gasteiger partial charge in [-0.3, -0.25) is 4.68 Å². The summed E-state index contributed by atoms with van der Waals surface area (Å²) in [6.07, 6.45) is -0.238. The fourth-order valence-corrected chi connectivity index (χ4v) is 3.33. The number of esters is 1. The molecule has 0 amide bonds. The van der Waals surface area contributed by atoms with Crippen LogP contribution in [0.2, 0.25) is 0 Å². The second kappa shape index (κ2) is 8.52. The van der Waals surface area contributed by atoms with Gasteiger partial charge in [0.05, 0.1) is 43.3 Å². The highest BCUT2D eigenvalue weighted by Crippen LogP contribution is 2.33. The standard InChI is InChI=1S/C21H19F3N6O3/c1-4-33-19(31)14-9-25-29(11-14)20-27-16-10-26-30(17(16)18(28-20)32-3)12(2)13-6-5-7-15(8-13)21(22,23)24/h5-12H,4H2,1-3H3/t12-/m0/s1. The van der Waals surface area contributed by atoms with E-state index >= 15 is 0 Å². The van der Waals surface area contributed by atoms with Crippen molar-refractivity contribution < 1.29 is 27.4 Å². The highest BCUT2D eigenvalue weighted by atomic mass is 19.4. The van der Waals surface area contributed by atoms with E-state index in [1.807, 2.05) is 0 Å². The highest BCUT2D eigenvalue weighted by molar-refractivity contribution is 5.88. The lowest BCUT2D eigenvalue weighted by Gasteiger charge is -2.17. The highest BCUT2D eigenvalue weighted by Gasteiger charge is 2.31. The monoisotopic (exact) mass is 460 g/mol. The van der Waals surface area contributed by atoms with E-state index in [9.17, 15) is 18.0 Å². The van der Waals surface area contributed by atoms with Crippen molar-refractivity contribution in [3.63, 3.8) is 0 Å². The van der Waals surface area contributed by atoms with Crippen molar-refractivity contribution in [3.05, 3.63) is 59.5 Å². The molecule has 0 unspecified atom stereocenters. The van der Waals surface area contributed by atoms with E-state index in [2.05, 4.69) is 20.2 Å². The molecule has 0 aliphatic rings. The molecular formula is C21H19F3N6O3. The normalized spacial score (nSPS) is 12.7. The molecule has 0 fully saturated rings. The number of fused-ring (bicyclic) bond motifs is 1. The molecule has 4 rings (SSSR count). The van der Waals surface area contributed by atoms with Gasteiger partial charge in [0.25, 0.3) is 5.95 Å². The van der Waals surface area contributed by atoms with Crippen LogP contribution in [0.3, 0.4) is 0 Å². The van der Waals surface area contributed by atoms with Crippen LogP contribution in [0.4, 0.5) is 13.2 Å². The Morgan fingerprint density at radius 1 is 1.18 bits per heavy atom. The zero-order valence-electron chi connectivity index (χ0n) is 17.9. The molecule has 3 aromatic heterocycles. The molecule has 9 nitrogen and oxygen atoms in total. The largest absolute Gasteiger partial charge is 0.479 e. The number of hydrogen-bond donors (Lipinski definition) is 0. The number of benzene rings is 1. The fourth-order valence-electron chi connectivity index (χ4n) is 3.33. The molecule has 0 spiro atoms. The molecule has 0 radical (unpaired) electrons. The minimum atomic E-state index is -4.45. The third-order valence-electron chi connectivity index (χ3n) is 4.96. The summed E-state index contributed by atoms with van der Waals surface area (Å²) < 4.78 is 52.6. The van der Waals surface area contributed by atoms with Gasteiger partial charge in [0.2, 0.25) is 5.88 Å². The quantitative estimate of drug-likeness (QED) is 0.404. The molecule has 0 aliphatic heterocycles. The molecule has 172 valence electrons. The number of carbonyl (C=O) groups is 1. The van der Waals surface area contributed by atoms with Crippen LogP contribution in [-0.4, -0.2) is 49.2 Å². The number of aromatic nitrogens is 6. The molecule has 0 N–H and O–H groups in total. The van der Waals surface area contributed by atoms with Crippen LogP contribution < -0.4 is 4.74 Å². The van der Waals surface area contributed by atoms with Gasteiger partial charge in [-0.15, -0.1) is 0 Å². The Labute approximate surface area is 185 Å². The van der Waals surface area contributed by atoms with Gasteiger partial charge in [0.15, 0.2) is 0 Å². The summed E-state index contributed by atoms with van der Waals surface area (Å²) in [6.45, 7) is 3.64. The summed E-state index contributed by atoms with van der Waals surface area (Å²) in [5.41, 5.74) is 0.693. The molecule has 0 aliphatic carbocycles. The third-order valence-corrected chi connectivity index (χ3v) is 4.96. The van der Waals surface area contributed by atoms with Crippen molar-refractivity contribution in [2.75, 3.05) is 13.7 Å². The Hall–Kier alpha value is -3.96. The van der Waals surface area contributed by atoms with Crippen LogP contribution in [0.15, 0.2) is 42.9 Å². The third kappa shape index (κ3) is 4.23. The average molecular weight is 460 g/mol. The lowest BCUT2D eigenvalue weighted by Crippen LogP contribution is -2.12. The van der Waals surface area contributed by atoms with Gasteiger partial charge in [-0.1, -0.05) is 12.1 Å². The number of halogens is 3. The van der Waals surface area contributed by atoms with Gasteiger partial charge >= 0.3 is 12.1 Å². The van der Waals surface area contributed by atoms with Crippen molar-refractivity contribution in [3.8, 4) is 11.8 Å². The van der Waals surface area contributed by atoms with Crippen molar-refractivity contribution in [1.29, 1.82) is 0 Å². The maximum absolute atomic E-state index is 13.1. The van der Waals surface area contributed by atoms with E-state index < -0.39 is 23.8 Å². The van der Waals surface area contributed by atoms with Gasteiger partial charge in [0.1, 0.15) is 11.0 Å². The van der Waals surface area contributed by atoms with E-state index in [1.165, 1.54) is 41.1 Å². The first kappa shape index (κ1) is 22.2. The van der Waals surface area contributed by atoms with Crippen LogP contribution in [0.5, 0.6) is 5.88 Å². The van der Waals surface area contributed by atoms with Gasteiger partial charge in [-0.2, -0.15) is 28.4 Å². The van der Waals surface area contributed by atoms with Crippen LogP contribution in [0.1, 0.15) is 41.4 Å². The Bertz CT molecular complexity index is 1310. The van der Waals surface area contributed by atoms with Crippen molar-refractivity contribution >= 4 is 17.0 Å². The summed E-state index contributed by atoms with van der Waals surface area (Å²) in [7, 11) is 1.41. The average Bonchev–Trinajstić information content (AvgIpc) is 3.45. The smallest absolute Gasteiger partial charge is 0.416 e. The Kier molecular flexibility index (Phi) is 5.75. The molecule has 4 aromatic rings. The van der Waals surface area contributed by atoms with Gasteiger partial charge in [-0.05, 0) is 31.5 Å². The number of rotatable bonds is 6. The molecule has 0 saturated carbocycles. The minimum Gasteiger partial charge on any atom is -0.479 e. The van der Waals surface area contributed by atoms with Gasteiger partial charge in [-0.25, -0.2) is 14.5 Å². The summed E-state index contributed by atoms with van der Waals surface area (Å²) >= 11 is 0. The van der Waals surface area contributed by atoms with Crippen LogP contribution in [0, 0.1) is 0 Å². The zero-order valence-corrected chi connectivity index (χ0v) is 17.9. The first-order valence-electron chi connectivity index (χ1n) is 9.91. The maximum Gasteiger partial charge on any atom is 0.416 e. The number of ether oxygens (including phenoxy) is 2. The van der Waals surface area contributed by atoms with E-state index in [0.717, 1.165) is 12.1 Å². The Balaban J connectivity index is 1.74. The zero-order chi connectivity index (χ0) is 23.8. The minimum absolute atomic E-state index is 0.126. The molecule has 1 aromatic carbocycles. The topological polar surface area (TPSA) is 97.0 Å². The first-order valence-corrected chi connectivity index (χ1v) is 9.91. The fraction of sp³-hybridized carbons (Fsp3) is 0.286. The van der Waals surface area contributed by atoms with E-state index in [-0.39, 0.29) is 24.0 Å². The summed E-state index contributed by atoms with van der Waals surface area (Å²) in [4.78, 5) is 20.7. The van der Waals surface area contributed by atoms with E-state index in [1.54, 1.807) is 19.9 Å². The van der Waals surface area contributed by atoms with E-state index in [0.29, 0.717) is 16.6 Å². The maximum atomic E-state index is 13.1. The van der Waals surface area contributed by atoms with Crippen LogP contribution in [0.25, 0.3) is 17.0 Å². The molecule has 0 bridgehead atoms. The first-order chi connectivity index (χ1) is 15.7. The number of methoxy groups -OCH3 is 1. The number of carbonyl (C=O) groups excluding carboxylic acids is 1. The summed E-state index contributed by atoms with van der Waals surface area (Å²) in [5.74, 6) is -0.250. The van der Waals surface area contributed by atoms with Crippen LogP contribution in [-0.2, 0) is 10.9 Å². The molecule has 1 atom stereocenters. The molecule has 3 heterocycles. The van der Waals surface area contributed by atoms with Crippen molar-refractivity contribution in [1.82, 2.24) is 29.5 Å².